The molecular weight excluding hydrogens is 228 g/mol. The summed E-state index contributed by atoms with van der Waals surface area (Å²) in [5.41, 5.74) is 5.66. The van der Waals surface area contributed by atoms with E-state index in [0.29, 0.717) is 12.5 Å². The molecule has 2 rings (SSSR count). The summed E-state index contributed by atoms with van der Waals surface area (Å²) in [6.07, 6.45) is 10.2. The summed E-state index contributed by atoms with van der Waals surface area (Å²) in [5, 5.41) is 3.13. The Kier molecular flexibility index (Phi) is 4.36. The van der Waals surface area contributed by atoms with E-state index in [1.54, 1.807) is 6.20 Å². The van der Waals surface area contributed by atoms with Crippen LogP contribution in [0, 0.1) is 0 Å². The second-order valence-corrected chi connectivity index (χ2v) is 5.20. The van der Waals surface area contributed by atoms with Crippen molar-refractivity contribution < 1.29 is 4.79 Å². The Labute approximate surface area is 108 Å². The van der Waals surface area contributed by atoms with E-state index in [0.717, 1.165) is 25.7 Å². The third-order valence-electron chi connectivity index (χ3n) is 3.56. The Morgan fingerprint density at radius 1 is 1.61 bits per heavy atom. The summed E-state index contributed by atoms with van der Waals surface area (Å²) in [5.74, 6) is 0.115. The van der Waals surface area contributed by atoms with Gasteiger partial charge in [-0.25, -0.2) is 4.98 Å². The van der Waals surface area contributed by atoms with Gasteiger partial charge in [-0.3, -0.25) is 4.79 Å². The van der Waals surface area contributed by atoms with Gasteiger partial charge in [-0.15, -0.1) is 0 Å². The van der Waals surface area contributed by atoms with Crippen LogP contribution in [0.5, 0.6) is 0 Å². The first-order valence-electron chi connectivity index (χ1n) is 6.69. The Morgan fingerprint density at radius 2 is 2.44 bits per heavy atom. The van der Waals surface area contributed by atoms with Crippen molar-refractivity contribution in [3.05, 3.63) is 18.7 Å². The standard InChI is InChI=1S/C13H22N4O/c1-10(14)5-6-13(18)16-11-3-2-4-12(11)17-8-7-15-9-17/h7-12H,2-6,14H2,1H3,(H,16,18). The molecule has 100 valence electrons. The Morgan fingerprint density at radius 3 is 3.11 bits per heavy atom. The molecule has 1 aliphatic rings. The first kappa shape index (κ1) is 13.1. The Bertz CT molecular complexity index is 374. The van der Waals surface area contributed by atoms with E-state index < -0.39 is 0 Å². The summed E-state index contributed by atoms with van der Waals surface area (Å²) in [4.78, 5) is 15.9. The number of nitrogens with one attached hydrogen (secondary N) is 1. The summed E-state index contributed by atoms with van der Waals surface area (Å²) >= 11 is 0. The van der Waals surface area contributed by atoms with E-state index in [-0.39, 0.29) is 18.0 Å². The Balaban J connectivity index is 1.86. The van der Waals surface area contributed by atoms with Crippen LogP contribution in [0.25, 0.3) is 0 Å². The van der Waals surface area contributed by atoms with E-state index in [2.05, 4.69) is 14.9 Å². The lowest BCUT2D eigenvalue weighted by Crippen LogP contribution is -2.38. The zero-order valence-corrected chi connectivity index (χ0v) is 10.9. The van der Waals surface area contributed by atoms with Crippen LogP contribution < -0.4 is 11.1 Å². The molecule has 3 unspecified atom stereocenters. The molecule has 1 fully saturated rings. The van der Waals surface area contributed by atoms with Crippen LogP contribution in [0.4, 0.5) is 0 Å². The van der Waals surface area contributed by atoms with Crippen molar-refractivity contribution in [3.63, 3.8) is 0 Å². The molecule has 1 amide bonds. The molecule has 3 atom stereocenters. The minimum atomic E-state index is 0.0868. The van der Waals surface area contributed by atoms with Gasteiger partial charge in [0.05, 0.1) is 12.4 Å². The van der Waals surface area contributed by atoms with Crippen molar-refractivity contribution in [2.45, 2.75) is 57.2 Å². The van der Waals surface area contributed by atoms with Gasteiger partial charge in [0, 0.05) is 30.9 Å². The van der Waals surface area contributed by atoms with Crippen LogP contribution in [0.1, 0.15) is 45.1 Å². The fourth-order valence-corrected chi connectivity index (χ4v) is 2.57. The number of aromatic nitrogens is 2. The van der Waals surface area contributed by atoms with E-state index in [4.69, 9.17) is 5.73 Å². The maximum Gasteiger partial charge on any atom is 0.220 e. The van der Waals surface area contributed by atoms with Crippen LogP contribution in [-0.2, 0) is 4.79 Å². The van der Waals surface area contributed by atoms with Gasteiger partial charge >= 0.3 is 0 Å². The average molecular weight is 250 g/mol. The van der Waals surface area contributed by atoms with E-state index in [1.165, 1.54) is 0 Å². The minimum absolute atomic E-state index is 0.0868. The molecule has 1 aliphatic carbocycles. The van der Waals surface area contributed by atoms with Gasteiger partial charge in [0.1, 0.15) is 0 Å². The number of rotatable bonds is 5. The van der Waals surface area contributed by atoms with Gasteiger partial charge in [-0.2, -0.15) is 0 Å². The quantitative estimate of drug-likeness (QED) is 0.825. The number of amides is 1. The minimum Gasteiger partial charge on any atom is -0.351 e. The summed E-state index contributed by atoms with van der Waals surface area (Å²) in [7, 11) is 0. The highest BCUT2D eigenvalue weighted by atomic mass is 16.1. The van der Waals surface area contributed by atoms with Crippen molar-refractivity contribution in [1.29, 1.82) is 0 Å². The molecule has 0 radical (unpaired) electrons. The fourth-order valence-electron chi connectivity index (χ4n) is 2.57. The topological polar surface area (TPSA) is 72.9 Å². The lowest BCUT2D eigenvalue weighted by atomic mass is 10.1. The van der Waals surface area contributed by atoms with Crippen LogP contribution >= 0.6 is 0 Å². The van der Waals surface area contributed by atoms with Gasteiger partial charge in [0.2, 0.25) is 5.91 Å². The van der Waals surface area contributed by atoms with Gasteiger partial charge in [-0.05, 0) is 32.6 Å². The number of nitrogens with zero attached hydrogens (tertiary/aromatic N) is 2. The maximum absolute atomic E-state index is 11.8. The van der Waals surface area contributed by atoms with Crippen molar-refractivity contribution in [2.24, 2.45) is 5.73 Å². The molecule has 0 aromatic carbocycles. The zero-order chi connectivity index (χ0) is 13.0. The molecule has 1 aromatic heterocycles. The summed E-state index contributed by atoms with van der Waals surface area (Å²) < 4.78 is 2.10. The largest absolute Gasteiger partial charge is 0.351 e. The molecule has 1 heterocycles. The first-order chi connectivity index (χ1) is 8.66. The lowest BCUT2D eigenvalue weighted by Gasteiger charge is -2.22. The van der Waals surface area contributed by atoms with E-state index >= 15 is 0 Å². The van der Waals surface area contributed by atoms with E-state index in [1.807, 2.05) is 19.4 Å². The molecule has 5 nitrogen and oxygen atoms in total. The SMILES string of the molecule is CC(N)CCC(=O)NC1CCCC1n1ccnc1. The van der Waals surface area contributed by atoms with Crippen molar-refractivity contribution in [1.82, 2.24) is 14.9 Å². The molecule has 0 bridgehead atoms. The molecular formula is C13H22N4O. The lowest BCUT2D eigenvalue weighted by molar-refractivity contribution is -0.122. The highest BCUT2D eigenvalue weighted by Crippen LogP contribution is 2.29. The predicted octanol–water partition coefficient (Wildman–Crippen LogP) is 1.22. The van der Waals surface area contributed by atoms with Crippen molar-refractivity contribution >= 4 is 5.91 Å². The number of hydrogen-bond donors (Lipinski definition) is 2. The third kappa shape index (κ3) is 3.32. The zero-order valence-electron chi connectivity index (χ0n) is 10.9. The van der Waals surface area contributed by atoms with Gasteiger partial charge in [-0.1, -0.05) is 0 Å². The van der Waals surface area contributed by atoms with Crippen LogP contribution in [0.2, 0.25) is 0 Å². The van der Waals surface area contributed by atoms with Crippen LogP contribution in [0.15, 0.2) is 18.7 Å². The number of imidazole rings is 1. The van der Waals surface area contributed by atoms with Crippen LogP contribution in [-0.4, -0.2) is 27.5 Å². The molecule has 3 N–H and O–H groups in total. The average Bonchev–Trinajstić information content (AvgIpc) is 2.95. The van der Waals surface area contributed by atoms with Crippen molar-refractivity contribution in [2.75, 3.05) is 0 Å². The summed E-state index contributed by atoms with van der Waals surface area (Å²) in [6, 6.07) is 0.676. The third-order valence-corrected chi connectivity index (χ3v) is 3.56. The second-order valence-electron chi connectivity index (χ2n) is 5.20. The highest BCUT2D eigenvalue weighted by molar-refractivity contribution is 5.76. The maximum atomic E-state index is 11.8. The number of carbonyl (C=O) groups is 1. The van der Waals surface area contributed by atoms with Crippen LogP contribution in [0.3, 0.4) is 0 Å². The molecule has 1 aromatic rings. The monoisotopic (exact) mass is 250 g/mol. The number of hydrogen-bond acceptors (Lipinski definition) is 3. The van der Waals surface area contributed by atoms with Gasteiger partial charge < -0.3 is 15.6 Å². The van der Waals surface area contributed by atoms with Gasteiger partial charge in [0.25, 0.3) is 0 Å². The number of carbonyl (C=O) groups excluding carboxylic acids is 1. The Hall–Kier alpha value is -1.36. The molecule has 0 spiro atoms. The molecule has 0 saturated heterocycles. The molecule has 0 aliphatic heterocycles. The smallest absolute Gasteiger partial charge is 0.220 e. The molecule has 1 saturated carbocycles. The molecule has 18 heavy (non-hydrogen) atoms. The fraction of sp³-hybridized carbons (Fsp3) is 0.692. The second kappa shape index (κ2) is 6.00. The van der Waals surface area contributed by atoms with E-state index in [9.17, 15) is 4.79 Å². The normalized spacial score (nSPS) is 25.0. The van der Waals surface area contributed by atoms with Gasteiger partial charge in [0.15, 0.2) is 0 Å². The highest BCUT2D eigenvalue weighted by Gasteiger charge is 2.29. The summed E-state index contributed by atoms with van der Waals surface area (Å²) in [6.45, 7) is 1.93. The van der Waals surface area contributed by atoms with Crippen molar-refractivity contribution in [3.8, 4) is 0 Å². The predicted molar refractivity (Wildman–Crippen MR) is 69.9 cm³/mol. The number of nitrogens with two attached hydrogens (primary N) is 1. The molecule has 5 heteroatoms. The first-order valence-corrected chi connectivity index (χ1v) is 6.69.